The van der Waals surface area contributed by atoms with Crippen molar-refractivity contribution in [3.63, 3.8) is 0 Å². The Kier molecular flexibility index (Phi) is 6.29. The molecule has 2 amide bonds. The molecule has 3 rings (SSSR count). The zero-order chi connectivity index (χ0) is 20.1. The number of carbonyl (C=O) groups is 1. The Morgan fingerprint density at radius 3 is 2.61 bits per heavy atom. The van der Waals surface area contributed by atoms with Crippen molar-refractivity contribution in [3.05, 3.63) is 48.0 Å². The van der Waals surface area contributed by atoms with E-state index in [1.54, 1.807) is 14.2 Å². The highest BCUT2D eigenvalue weighted by Gasteiger charge is 2.32. The Morgan fingerprint density at radius 1 is 1.11 bits per heavy atom. The van der Waals surface area contributed by atoms with Gasteiger partial charge >= 0.3 is 6.03 Å². The van der Waals surface area contributed by atoms with E-state index < -0.39 is 0 Å². The van der Waals surface area contributed by atoms with Crippen LogP contribution in [0.25, 0.3) is 0 Å². The van der Waals surface area contributed by atoms with Gasteiger partial charge in [-0.3, -0.25) is 0 Å². The van der Waals surface area contributed by atoms with Crippen LogP contribution in [0, 0.1) is 0 Å². The number of anilines is 1. The van der Waals surface area contributed by atoms with Crippen molar-refractivity contribution in [3.8, 4) is 17.2 Å². The third-order valence-electron chi connectivity index (χ3n) is 4.80. The van der Waals surface area contributed by atoms with Gasteiger partial charge in [-0.2, -0.15) is 0 Å². The van der Waals surface area contributed by atoms with Crippen LogP contribution in [-0.2, 0) is 0 Å². The Morgan fingerprint density at radius 2 is 1.89 bits per heavy atom. The van der Waals surface area contributed by atoms with Gasteiger partial charge in [0.05, 0.1) is 32.1 Å². The van der Waals surface area contributed by atoms with Crippen LogP contribution in [0.5, 0.6) is 17.2 Å². The molecule has 1 heterocycles. The first-order chi connectivity index (χ1) is 13.5. The molecule has 28 heavy (non-hydrogen) atoms. The molecular formula is C22H28N2O4. The van der Waals surface area contributed by atoms with Crippen LogP contribution >= 0.6 is 0 Å². The Hall–Kier alpha value is -2.89. The molecule has 0 saturated carbocycles. The molecule has 0 aromatic heterocycles. The number of hydrogen-bond donors (Lipinski definition) is 1. The number of hydrogen-bond acceptors (Lipinski definition) is 4. The molecule has 2 aromatic rings. The van der Waals surface area contributed by atoms with Gasteiger partial charge in [-0.25, -0.2) is 4.79 Å². The van der Waals surface area contributed by atoms with E-state index in [1.165, 1.54) is 0 Å². The molecule has 1 N–H and O–H groups in total. The monoisotopic (exact) mass is 384 g/mol. The molecule has 1 unspecified atom stereocenters. The first kappa shape index (κ1) is 19.9. The molecule has 0 radical (unpaired) electrons. The molecule has 0 bridgehead atoms. The van der Waals surface area contributed by atoms with Crippen LogP contribution in [0.2, 0.25) is 0 Å². The Balaban J connectivity index is 1.83. The minimum absolute atomic E-state index is 0.0265. The number of ether oxygens (including phenoxy) is 3. The third kappa shape index (κ3) is 4.32. The predicted molar refractivity (Wildman–Crippen MR) is 109 cm³/mol. The molecule has 1 aliphatic heterocycles. The smallest absolute Gasteiger partial charge is 0.322 e. The van der Waals surface area contributed by atoms with Crippen LogP contribution in [0.4, 0.5) is 10.5 Å². The van der Waals surface area contributed by atoms with E-state index in [2.05, 4.69) is 5.32 Å². The summed E-state index contributed by atoms with van der Waals surface area (Å²) in [7, 11) is 3.28. The number of amides is 2. The quantitative estimate of drug-likeness (QED) is 0.773. The highest BCUT2D eigenvalue weighted by atomic mass is 16.5. The van der Waals surface area contributed by atoms with E-state index in [1.807, 2.05) is 61.2 Å². The normalized spacial score (nSPS) is 16.2. The van der Waals surface area contributed by atoms with Crippen molar-refractivity contribution < 1.29 is 19.0 Å². The lowest BCUT2D eigenvalue weighted by Crippen LogP contribution is -2.34. The minimum Gasteiger partial charge on any atom is -0.497 e. The second kappa shape index (κ2) is 8.87. The van der Waals surface area contributed by atoms with Gasteiger partial charge in [-0.1, -0.05) is 12.1 Å². The third-order valence-corrected chi connectivity index (χ3v) is 4.80. The van der Waals surface area contributed by atoms with Crippen LogP contribution in [-0.4, -0.2) is 37.8 Å². The number of likely N-dealkylation sites (tertiary alicyclic amines) is 1. The van der Waals surface area contributed by atoms with Crippen LogP contribution in [0.15, 0.2) is 42.5 Å². The lowest BCUT2D eigenvalue weighted by molar-refractivity contribution is 0.205. The molecule has 0 spiro atoms. The number of nitrogens with zero attached hydrogens (tertiary/aromatic N) is 1. The molecule has 1 atom stereocenters. The van der Waals surface area contributed by atoms with E-state index in [0.717, 1.165) is 29.9 Å². The first-order valence-electron chi connectivity index (χ1n) is 9.58. The molecule has 1 aliphatic rings. The fourth-order valence-electron chi connectivity index (χ4n) is 3.55. The van der Waals surface area contributed by atoms with Crippen LogP contribution in [0.3, 0.4) is 0 Å². The fraction of sp³-hybridized carbons (Fsp3) is 0.409. The summed E-state index contributed by atoms with van der Waals surface area (Å²) in [5, 5.41) is 3.01. The zero-order valence-corrected chi connectivity index (χ0v) is 16.9. The lowest BCUT2D eigenvalue weighted by atomic mass is 10.0. The summed E-state index contributed by atoms with van der Waals surface area (Å²) >= 11 is 0. The highest BCUT2D eigenvalue weighted by molar-refractivity contribution is 5.91. The maximum absolute atomic E-state index is 13.1. The standard InChI is InChI=1S/C22H28N2O4/c1-15(2)28-21-10-6-5-8-18(21)23-22(25)24-13-7-9-19(24)17-14-16(26-3)11-12-20(17)27-4/h5-6,8,10-12,14-15,19H,7,9,13H2,1-4H3,(H,23,25). The maximum Gasteiger partial charge on any atom is 0.322 e. The first-order valence-corrected chi connectivity index (χ1v) is 9.58. The molecule has 150 valence electrons. The average molecular weight is 384 g/mol. The fourth-order valence-corrected chi connectivity index (χ4v) is 3.55. The van der Waals surface area contributed by atoms with Gasteiger partial charge in [-0.05, 0) is 57.0 Å². The van der Waals surface area contributed by atoms with Gasteiger partial charge in [0.25, 0.3) is 0 Å². The van der Waals surface area contributed by atoms with Crippen molar-refractivity contribution in [1.29, 1.82) is 0 Å². The second-order valence-electron chi connectivity index (χ2n) is 7.05. The summed E-state index contributed by atoms with van der Waals surface area (Å²) in [6.45, 7) is 4.61. The van der Waals surface area contributed by atoms with E-state index in [-0.39, 0.29) is 18.2 Å². The van der Waals surface area contributed by atoms with Gasteiger partial charge in [0.1, 0.15) is 17.2 Å². The molecule has 6 heteroatoms. The lowest BCUT2D eigenvalue weighted by Gasteiger charge is -2.27. The number of benzene rings is 2. The Bertz CT molecular complexity index is 822. The second-order valence-corrected chi connectivity index (χ2v) is 7.05. The van der Waals surface area contributed by atoms with E-state index >= 15 is 0 Å². The summed E-state index contributed by atoms with van der Waals surface area (Å²) in [4.78, 5) is 14.9. The summed E-state index contributed by atoms with van der Waals surface area (Å²) < 4.78 is 16.7. The van der Waals surface area contributed by atoms with Gasteiger partial charge in [0.2, 0.25) is 0 Å². The minimum atomic E-state index is -0.146. The van der Waals surface area contributed by atoms with Gasteiger partial charge < -0.3 is 24.4 Å². The maximum atomic E-state index is 13.1. The van der Waals surface area contributed by atoms with Gasteiger partial charge in [0.15, 0.2) is 0 Å². The number of urea groups is 1. The topological polar surface area (TPSA) is 60.0 Å². The molecule has 6 nitrogen and oxygen atoms in total. The molecular weight excluding hydrogens is 356 g/mol. The molecule has 0 aliphatic carbocycles. The number of rotatable bonds is 6. The molecule has 1 saturated heterocycles. The summed E-state index contributed by atoms with van der Waals surface area (Å²) in [5.41, 5.74) is 1.63. The van der Waals surface area contributed by atoms with Crippen molar-refractivity contribution in [2.45, 2.75) is 38.8 Å². The molecule has 1 fully saturated rings. The Labute approximate surface area is 166 Å². The number of nitrogens with one attached hydrogen (secondary N) is 1. The van der Waals surface area contributed by atoms with E-state index in [0.29, 0.717) is 18.0 Å². The summed E-state index contributed by atoms with van der Waals surface area (Å²) in [6.07, 6.45) is 1.84. The average Bonchev–Trinajstić information content (AvgIpc) is 3.18. The largest absolute Gasteiger partial charge is 0.497 e. The van der Waals surface area contributed by atoms with Crippen LogP contribution < -0.4 is 19.5 Å². The van der Waals surface area contributed by atoms with Crippen LogP contribution in [0.1, 0.15) is 38.3 Å². The SMILES string of the molecule is COc1ccc(OC)c(C2CCCN2C(=O)Nc2ccccc2OC(C)C)c1. The summed E-state index contributed by atoms with van der Waals surface area (Å²) in [5.74, 6) is 2.17. The van der Waals surface area contributed by atoms with Crippen molar-refractivity contribution >= 4 is 11.7 Å². The van der Waals surface area contributed by atoms with E-state index in [9.17, 15) is 4.79 Å². The number of methoxy groups -OCH3 is 2. The number of para-hydroxylation sites is 2. The van der Waals surface area contributed by atoms with Crippen molar-refractivity contribution in [1.82, 2.24) is 4.90 Å². The van der Waals surface area contributed by atoms with Crippen molar-refractivity contribution in [2.24, 2.45) is 0 Å². The number of carbonyl (C=O) groups excluding carboxylic acids is 1. The van der Waals surface area contributed by atoms with Gasteiger partial charge in [0, 0.05) is 12.1 Å². The predicted octanol–water partition coefficient (Wildman–Crippen LogP) is 4.86. The molecule has 2 aromatic carbocycles. The summed E-state index contributed by atoms with van der Waals surface area (Å²) in [6, 6.07) is 13.0. The zero-order valence-electron chi connectivity index (χ0n) is 16.9. The highest BCUT2D eigenvalue weighted by Crippen LogP contribution is 2.39. The van der Waals surface area contributed by atoms with Gasteiger partial charge in [-0.15, -0.1) is 0 Å². The van der Waals surface area contributed by atoms with Crippen molar-refractivity contribution in [2.75, 3.05) is 26.1 Å². The van der Waals surface area contributed by atoms with E-state index in [4.69, 9.17) is 14.2 Å².